The predicted octanol–water partition coefficient (Wildman–Crippen LogP) is 3.35. The Balaban J connectivity index is 1.69. The molecule has 1 heterocycles. The summed E-state index contributed by atoms with van der Waals surface area (Å²) in [7, 11) is -3.85. The van der Waals surface area contributed by atoms with Crippen LogP contribution in [0.25, 0.3) is 10.8 Å². The van der Waals surface area contributed by atoms with Crippen molar-refractivity contribution in [2.45, 2.75) is 24.2 Å². The van der Waals surface area contributed by atoms with Crippen LogP contribution < -0.4 is 4.72 Å². The summed E-state index contributed by atoms with van der Waals surface area (Å²) >= 11 is 0. The number of pyridine rings is 1. The van der Waals surface area contributed by atoms with Gasteiger partial charge in [0.15, 0.2) is 0 Å². The molecular weight excluding hydrogens is 408 g/mol. The Morgan fingerprint density at radius 3 is 2.29 bits per heavy atom. The van der Waals surface area contributed by atoms with Gasteiger partial charge in [-0.2, -0.15) is 13.1 Å². The molecule has 3 aromatic carbocycles. The molecule has 0 radical (unpaired) electrons. The smallest absolute Gasteiger partial charge is 0.265 e. The fourth-order valence-electron chi connectivity index (χ4n) is 3.59. The number of nitrogens with zero attached hydrogens (tertiary/aromatic N) is 1. The second-order valence-corrected chi connectivity index (χ2v) is 9.39. The summed E-state index contributed by atoms with van der Waals surface area (Å²) < 4.78 is 26.6. The van der Waals surface area contributed by atoms with Crippen molar-refractivity contribution in [3.8, 4) is 0 Å². The van der Waals surface area contributed by atoms with E-state index in [9.17, 15) is 13.2 Å². The number of hydrogen-bond acceptors (Lipinski definition) is 4. The first-order valence-corrected chi connectivity index (χ1v) is 11.5. The molecule has 6 heteroatoms. The van der Waals surface area contributed by atoms with E-state index >= 15 is 0 Å². The standard InChI is InChI=1S/C25H22N2O3S/c1-18-6-10-23(11-7-18)31(29,30)27-25(28)24(16-19-12-14-26-15-13-19)22-9-8-20-4-2-3-5-21(20)17-22/h2-15,17,24H,16H2,1H3,(H,27,28)/p+1. The van der Waals surface area contributed by atoms with Crippen LogP contribution in [-0.4, -0.2) is 19.3 Å². The van der Waals surface area contributed by atoms with E-state index in [4.69, 9.17) is 0 Å². The van der Waals surface area contributed by atoms with Gasteiger partial charge in [0.05, 0.1) is 0 Å². The van der Waals surface area contributed by atoms with E-state index in [-0.39, 0.29) is 4.90 Å². The Bertz CT molecular complexity index is 1320. The first-order chi connectivity index (χ1) is 14.9. The molecule has 0 aliphatic carbocycles. The number of aromatic nitrogens is 1. The maximum Gasteiger partial charge on any atom is 0.333 e. The van der Waals surface area contributed by atoms with Gasteiger partial charge in [-0.25, -0.2) is 4.79 Å². The topological polar surface area (TPSA) is 80.7 Å². The van der Waals surface area contributed by atoms with Crippen LogP contribution in [0.1, 0.15) is 22.6 Å². The van der Waals surface area contributed by atoms with Crippen LogP contribution >= 0.6 is 0 Å². The van der Waals surface area contributed by atoms with Crippen molar-refractivity contribution < 1.29 is 17.9 Å². The van der Waals surface area contributed by atoms with Crippen LogP contribution in [0, 0.1) is 6.92 Å². The van der Waals surface area contributed by atoms with Crippen LogP contribution in [0.3, 0.4) is 0 Å². The number of quaternary nitrogens is 1. The van der Waals surface area contributed by atoms with Crippen molar-refractivity contribution in [1.29, 1.82) is 0 Å². The molecule has 1 atom stereocenters. The van der Waals surface area contributed by atoms with E-state index in [0.717, 1.165) is 32.2 Å². The number of primary amides is 1. The number of sulfonamides is 1. The lowest BCUT2D eigenvalue weighted by molar-refractivity contribution is -0.415. The lowest BCUT2D eigenvalue weighted by atomic mass is 9.90. The number of carbonyl (C=O) groups is 1. The summed E-state index contributed by atoms with van der Waals surface area (Å²) in [6.07, 6.45) is 3.73. The Hall–Kier alpha value is -3.35. The Kier molecular flexibility index (Phi) is 5.93. The maximum absolute atomic E-state index is 13.3. The van der Waals surface area contributed by atoms with Gasteiger partial charge in [0.25, 0.3) is 0 Å². The number of nitrogens with two attached hydrogens (primary N) is 1. The van der Waals surface area contributed by atoms with Gasteiger partial charge in [-0.05, 0) is 59.5 Å². The molecule has 0 aliphatic heterocycles. The second-order valence-electron chi connectivity index (χ2n) is 7.60. The molecule has 4 rings (SSSR count). The average molecular weight is 432 g/mol. The quantitative estimate of drug-likeness (QED) is 0.508. The number of benzene rings is 3. The zero-order chi connectivity index (χ0) is 21.8. The second kappa shape index (κ2) is 8.79. The number of fused-ring (bicyclic) bond motifs is 1. The highest BCUT2D eigenvalue weighted by molar-refractivity contribution is 7.85. The molecule has 0 bridgehead atoms. The van der Waals surface area contributed by atoms with Gasteiger partial charge < -0.3 is 0 Å². The third-order valence-electron chi connectivity index (χ3n) is 5.33. The van der Waals surface area contributed by atoms with Crippen LogP contribution in [0.4, 0.5) is 0 Å². The van der Waals surface area contributed by atoms with Crippen LogP contribution in [0.2, 0.25) is 0 Å². The van der Waals surface area contributed by atoms with Crippen LogP contribution in [0.15, 0.2) is 96.2 Å². The zero-order valence-corrected chi connectivity index (χ0v) is 17.9. The lowest BCUT2D eigenvalue weighted by Gasteiger charge is -2.15. The van der Waals surface area contributed by atoms with Gasteiger partial charge in [0.2, 0.25) is 0 Å². The van der Waals surface area contributed by atoms with E-state index in [0.29, 0.717) is 6.42 Å². The number of aryl methyl sites for hydroxylation is 1. The van der Waals surface area contributed by atoms with E-state index in [1.807, 2.05) is 61.5 Å². The molecule has 0 aliphatic rings. The van der Waals surface area contributed by atoms with Gasteiger partial charge >= 0.3 is 15.9 Å². The third kappa shape index (κ3) is 4.87. The van der Waals surface area contributed by atoms with Gasteiger partial charge in [-0.1, -0.05) is 60.2 Å². The number of primary sulfonamides is 1. The minimum Gasteiger partial charge on any atom is -0.265 e. The summed E-state index contributed by atoms with van der Waals surface area (Å²) in [6, 6.07) is 23.9. The van der Waals surface area contributed by atoms with E-state index in [1.165, 1.54) is 12.1 Å². The predicted molar refractivity (Wildman–Crippen MR) is 120 cm³/mol. The molecule has 0 spiro atoms. The molecule has 0 saturated carbocycles. The number of amides is 1. The highest BCUT2D eigenvalue weighted by Gasteiger charge is 2.31. The van der Waals surface area contributed by atoms with Crippen molar-refractivity contribution in [2.75, 3.05) is 0 Å². The normalized spacial score (nSPS) is 12.5. The number of carbonyl (C=O) groups excluding carboxylic acids is 1. The van der Waals surface area contributed by atoms with E-state index in [1.54, 1.807) is 24.5 Å². The largest absolute Gasteiger partial charge is 0.333 e. The molecule has 0 fully saturated rings. The Labute approximate surface area is 181 Å². The third-order valence-corrected chi connectivity index (χ3v) is 6.80. The highest BCUT2D eigenvalue weighted by Crippen LogP contribution is 2.25. The van der Waals surface area contributed by atoms with Crippen LogP contribution in [-0.2, 0) is 21.2 Å². The molecule has 1 aromatic heterocycles. The SMILES string of the molecule is Cc1ccc(S(=O)(=O)[NH2+]C(=O)C(Cc2ccncc2)c2ccc3ccccc3c2)cc1. The molecule has 156 valence electrons. The summed E-state index contributed by atoms with van der Waals surface area (Å²) in [5.41, 5.74) is 2.66. The van der Waals surface area contributed by atoms with E-state index < -0.39 is 21.8 Å². The Morgan fingerprint density at radius 1 is 0.903 bits per heavy atom. The molecule has 5 nitrogen and oxygen atoms in total. The molecule has 31 heavy (non-hydrogen) atoms. The van der Waals surface area contributed by atoms with Gasteiger partial charge in [0, 0.05) is 12.4 Å². The minimum atomic E-state index is -3.85. The fourth-order valence-corrected chi connectivity index (χ4v) is 4.71. The molecule has 2 N–H and O–H groups in total. The number of hydrogen-bond donors (Lipinski definition) is 1. The molecule has 1 unspecified atom stereocenters. The number of rotatable bonds is 6. The average Bonchev–Trinajstić information content (AvgIpc) is 2.78. The van der Waals surface area contributed by atoms with Crippen molar-refractivity contribution in [3.05, 3.63) is 108 Å². The van der Waals surface area contributed by atoms with Crippen molar-refractivity contribution >= 4 is 26.7 Å². The Morgan fingerprint density at radius 2 is 1.58 bits per heavy atom. The first-order valence-electron chi connectivity index (χ1n) is 10.0. The van der Waals surface area contributed by atoms with Crippen molar-refractivity contribution in [2.24, 2.45) is 0 Å². The molecular formula is C25H23N2O3S+. The summed E-state index contributed by atoms with van der Waals surface area (Å²) in [5, 5.41) is 2.08. The van der Waals surface area contributed by atoms with Gasteiger partial charge in [0.1, 0.15) is 10.8 Å². The fraction of sp³-hybridized carbons (Fsp3) is 0.120. The van der Waals surface area contributed by atoms with Crippen molar-refractivity contribution in [1.82, 2.24) is 4.98 Å². The van der Waals surface area contributed by atoms with Gasteiger partial charge in [-0.15, -0.1) is 0 Å². The summed E-state index contributed by atoms with van der Waals surface area (Å²) in [5.74, 6) is -1.06. The lowest BCUT2D eigenvalue weighted by Crippen LogP contribution is -2.91. The highest BCUT2D eigenvalue weighted by atomic mass is 32.2. The van der Waals surface area contributed by atoms with E-state index in [2.05, 4.69) is 4.98 Å². The van der Waals surface area contributed by atoms with Gasteiger partial charge in [-0.3, -0.25) is 4.98 Å². The molecule has 0 saturated heterocycles. The first kappa shape index (κ1) is 20.9. The molecule has 4 aromatic rings. The summed E-state index contributed by atoms with van der Waals surface area (Å²) in [6.45, 7) is 1.88. The maximum atomic E-state index is 13.3. The zero-order valence-electron chi connectivity index (χ0n) is 17.1. The monoisotopic (exact) mass is 431 g/mol. The summed E-state index contributed by atoms with van der Waals surface area (Å²) in [4.78, 5) is 17.4. The molecule has 1 amide bonds. The minimum absolute atomic E-state index is 0.118. The van der Waals surface area contributed by atoms with Crippen LogP contribution in [0.5, 0.6) is 0 Å². The van der Waals surface area contributed by atoms with Crippen molar-refractivity contribution in [3.63, 3.8) is 0 Å².